The van der Waals surface area contributed by atoms with Gasteiger partial charge in [-0.1, -0.05) is 12.1 Å². The Hall–Kier alpha value is -3.06. The Morgan fingerprint density at radius 3 is 2.66 bits per heavy atom. The smallest absolute Gasteiger partial charge is 0.255 e. The molecule has 3 rings (SSSR count). The first kappa shape index (κ1) is 20.7. The second-order valence-corrected chi connectivity index (χ2v) is 7.07. The molecule has 1 unspecified atom stereocenters. The third-order valence-corrected chi connectivity index (χ3v) is 5.05. The summed E-state index contributed by atoms with van der Waals surface area (Å²) in [6.07, 6.45) is 1.59. The Kier molecular flexibility index (Phi) is 7.08. The fourth-order valence-corrected chi connectivity index (χ4v) is 3.49. The van der Waals surface area contributed by atoms with E-state index in [1.807, 2.05) is 48.5 Å². The number of hydrogen-bond donors (Lipinski definition) is 3. The van der Waals surface area contributed by atoms with Crippen LogP contribution in [0.4, 0.5) is 11.4 Å². The summed E-state index contributed by atoms with van der Waals surface area (Å²) in [5, 5.41) is 6.14. The zero-order valence-corrected chi connectivity index (χ0v) is 16.7. The summed E-state index contributed by atoms with van der Waals surface area (Å²) >= 11 is 0. The maximum absolute atomic E-state index is 13.2. The van der Waals surface area contributed by atoms with Crippen LogP contribution in [0.25, 0.3) is 0 Å². The lowest BCUT2D eigenvalue weighted by molar-refractivity contribution is -0.126. The molecule has 154 valence electrons. The van der Waals surface area contributed by atoms with Gasteiger partial charge in [0.05, 0.1) is 24.3 Å². The number of piperidine rings is 1. The Morgan fingerprint density at radius 1 is 1.17 bits per heavy atom. The van der Waals surface area contributed by atoms with Gasteiger partial charge >= 0.3 is 0 Å². The fourth-order valence-electron chi connectivity index (χ4n) is 3.49. The Balaban J connectivity index is 1.72. The minimum atomic E-state index is -0.194. The molecule has 7 nitrogen and oxygen atoms in total. The molecule has 1 saturated heterocycles. The number of hydrogen-bond acceptors (Lipinski definition) is 5. The van der Waals surface area contributed by atoms with Gasteiger partial charge in [-0.3, -0.25) is 9.59 Å². The molecule has 1 aliphatic rings. The van der Waals surface area contributed by atoms with Gasteiger partial charge in [0.2, 0.25) is 5.91 Å². The van der Waals surface area contributed by atoms with Gasteiger partial charge in [-0.2, -0.15) is 0 Å². The average molecular weight is 396 g/mol. The number of ether oxygens (including phenoxy) is 1. The molecule has 1 aliphatic heterocycles. The number of carbonyl (C=O) groups excluding carboxylic acids is 2. The molecule has 1 atom stereocenters. The zero-order chi connectivity index (χ0) is 20.6. The maximum Gasteiger partial charge on any atom is 0.255 e. The SMILES string of the molecule is COc1ccc(Nc2ccccc2C(=O)N2CCCC(C(=O)NCCN)C2)cc1. The van der Waals surface area contributed by atoms with Crippen LogP contribution in [0.2, 0.25) is 0 Å². The average Bonchev–Trinajstić information content (AvgIpc) is 2.78. The van der Waals surface area contributed by atoms with E-state index in [4.69, 9.17) is 10.5 Å². The van der Waals surface area contributed by atoms with E-state index in [-0.39, 0.29) is 17.7 Å². The van der Waals surface area contributed by atoms with Gasteiger partial charge in [0.15, 0.2) is 0 Å². The van der Waals surface area contributed by atoms with E-state index in [0.717, 1.165) is 30.0 Å². The van der Waals surface area contributed by atoms with E-state index in [2.05, 4.69) is 10.6 Å². The molecule has 0 spiro atoms. The van der Waals surface area contributed by atoms with Crippen molar-refractivity contribution in [3.63, 3.8) is 0 Å². The largest absolute Gasteiger partial charge is 0.497 e. The molecule has 0 saturated carbocycles. The third kappa shape index (κ3) is 5.26. The van der Waals surface area contributed by atoms with Crippen LogP contribution in [-0.2, 0) is 4.79 Å². The van der Waals surface area contributed by atoms with Gasteiger partial charge in [0.1, 0.15) is 5.75 Å². The molecule has 0 aromatic heterocycles. The summed E-state index contributed by atoms with van der Waals surface area (Å²) in [7, 11) is 1.62. The number of methoxy groups -OCH3 is 1. The van der Waals surface area contributed by atoms with E-state index in [0.29, 0.717) is 31.7 Å². The standard InChI is InChI=1S/C22H28N4O3/c1-29-18-10-8-17(9-11-18)25-20-7-3-2-6-19(20)22(28)26-14-4-5-16(15-26)21(27)24-13-12-23/h2-3,6-11,16,25H,4-5,12-15,23H2,1H3,(H,24,27). The van der Waals surface area contributed by atoms with Crippen molar-refractivity contribution in [1.82, 2.24) is 10.2 Å². The lowest BCUT2D eigenvalue weighted by atomic mass is 9.96. The minimum absolute atomic E-state index is 0.0300. The summed E-state index contributed by atoms with van der Waals surface area (Å²) in [5.41, 5.74) is 7.65. The van der Waals surface area contributed by atoms with Crippen molar-refractivity contribution in [1.29, 1.82) is 0 Å². The highest BCUT2D eigenvalue weighted by atomic mass is 16.5. The lowest BCUT2D eigenvalue weighted by Crippen LogP contribution is -2.46. The van der Waals surface area contributed by atoms with Gasteiger partial charge in [0.25, 0.3) is 5.91 Å². The number of rotatable bonds is 7. The number of nitrogens with one attached hydrogen (secondary N) is 2. The number of anilines is 2. The molecule has 1 heterocycles. The van der Waals surface area contributed by atoms with Gasteiger partial charge < -0.3 is 26.0 Å². The van der Waals surface area contributed by atoms with E-state index in [1.165, 1.54) is 0 Å². The van der Waals surface area contributed by atoms with Gasteiger partial charge in [0, 0.05) is 31.9 Å². The van der Waals surface area contributed by atoms with Crippen LogP contribution in [0, 0.1) is 5.92 Å². The highest BCUT2D eigenvalue weighted by Gasteiger charge is 2.29. The number of nitrogens with zero attached hydrogens (tertiary/aromatic N) is 1. The third-order valence-electron chi connectivity index (χ3n) is 5.05. The lowest BCUT2D eigenvalue weighted by Gasteiger charge is -2.32. The molecule has 0 aliphatic carbocycles. The quantitative estimate of drug-likeness (QED) is 0.668. The number of amides is 2. The topological polar surface area (TPSA) is 96.7 Å². The van der Waals surface area contributed by atoms with Crippen molar-refractivity contribution in [3.05, 3.63) is 54.1 Å². The normalized spacial score (nSPS) is 16.2. The van der Waals surface area contributed by atoms with E-state index in [1.54, 1.807) is 12.0 Å². The van der Waals surface area contributed by atoms with Crippen molar-refractivity contribution in [3.8, 4) is 5.75 Å². The number of carbonyl (C=O) groups is 2. The molecule has 2 amide bonds. The molecular formula is C22H28N4O3. The molecule has 7 heteroatoms. The Bertz CT molecular complexity index is 838. The van der Waals surface area contributed by atoms with Gasteiger partial charge in [-0.05, 0) is 49.2 Å². The van der Waals surface area contributed by atoms with Gasteiger partial charge in [-0.25, -0.2) is 0 Å². The van der Waals surface area contributed by atoms with Crippen LogP contribution in [0.3, 0.4) is 0 Å². The molecule has 2 aromatic rings. The predicted molar refractivity (Wildman–Crippen MR) is 113 cm³/mol. The van der Waals surface area contributed by atoms with Crippen molar-refractivity contribution in [2.75, 3.05) is 38.6 Å². The zero-order valence-electron chi connectivity index (χ0n) is 16.7. The highest BCUT2D eigenvalue weighted by Crippen LogP contribution is 2.26. The summed E-state index contributed by atoms with van der Waals surface area (Å²) in [5.74, 6) is 0.476. The van der Waals surface area contributed by atoms with Crippen LogP contribution < -0.4 is 21.1 Å². The van der Waals surface area contributed by atoms with Crippen LogP contribution in [0.15, 0.2) is 48.5 Å². The second-order valence-electron chi connectivity index (χ2n) is 7.07. The maximum atomic E-state index is 13.2. The first-order valence-corrected chi connectivity index (χ1v) is 9.89. The number of likely N-dealkylation sites (tertiary alicyclic amines) is 1. The summed E-state index contributed by atoms with van der Waals surface area (Å²) in [6, 6.07) is 15.0. The van der Waals surface area contributed by atoms with Gasteiger partial charge in [-0.15, -0.1) is 0 Å². The number of para-hydroxylation sites is 1. The van der Waals surface area contributed by atoms with E-state index >= 15 is 0 Å². The molecule has 4 N–H and O–H groups in total. The van der Waals surface area contributed by atoms with Crippen molar-refractivity contribution in [2.45, 2.75) is 12.8 Å². The monoisotopic (exact) mass is 396 g/mol. The number of benzene rings is 2. The molecular weight excluding hydrogens is 368 g/mol. The first-order chi connectivity index (χ1) is 14.1. The number of nitrogens with two attached hydrogens (primary N) is 1. The van der Waals surface area contributed by atoms with Crippen LogP contribution in [-0.4, -0.2) is 50.0 Å². The van der Waals surface area contributed by atoms with Crippen LogP contribution in [0.5, 0.6) is 5.75 Å². The molecule has 0 bridgehead atoms. The molecule has 0 radical (unpaired) electrons. The van der Waals surface area contributed by atoms with Crippen molar-refractivity contribution < 1.29 is 14.3 Å². The minimum Gasteiger partial charge on any atom is -0.497 e. The molecule has 1 fully saturated rings. The van der Waals surface area contributed by atoms with E-state index in [9.17, 15) is 9.59 Å². The predicted octanol–water partition coefficient (Wildman–Crippen LogP) is 2.37. The summed E-state index contributed by atoms with van der Waals surface area (Å²) in [6.45, 7) is 1.94. The second kappa shape index (κ2) is 9.93. The molecule has 2 aromatic carbocycles. The van der Waals surface area contributed by atoms with Crippen molar-refractivity contribution >= 4 is 23.2 Å². The van der Waals surface area contributed by atoms with Crippen LogP contribution >= 0.6 is 0 Å². The summed E-state index contributed by atoms with van der Waals surface area (Å²) < 4.78 is 5.19. The Morgan fingerprint density at radius 2 is 1.93 bits per heavy atom. The highest BCUT2D eigenvalue weighted by molar-refractivity contribution is 6.00. The first-order valence-electron chi connectivity index (χ1n) is 9.89. The van der Waals surface area contributed by atoms with E-state index < -0.39 is 0 Å². The van der Waals surface area contributed by atoms with Crippen LogP contribution in [0.1, 0.15) is 23.2 Å². The summed E-state index contributed by atoms with van der Waals surface area (Å²) in [4.78, 5) is 27.3. The Labute approximate surface area is 171 Å². The molecule has 29 heavy (non-hydrogen) atoms. The fraction of sp³-hybridized carbons (Fsp3) is 0.364. The van der Waals surface area contributed by atoms with Crippen molar-refractivity contribution in [2.24, 2.45) is 11.7 Å².